The highest BCUT2D eigenvalue weighted by Crippen LogP contribution is 2.23. The molecule has 172 valence electrons. The third-order valence-electron chi connectivity index (χ3n) is 5.05. The van der Waals surface area contributed by atoms with Crippen molar-refractivity contribution in [2.24, 2.45) is 0 Å². The van der Waals surface area contributed by atoms with Crippen molar-refractivity contribution in [2.45, 2.75) is 18.7 Å². The summed E-state index contributed by atoms with van der Waals surface area (Å²) in [5.41, 5.74) is 3.10. The van der Waals surface area contributed by atoms with Crippen molar-refractivity contribution in [1.29, 1.82) is 0 Å². The Balaban J connectivity index is 1.58. The maximum absolute atomic E-state index is 13.1. The van der Waals surface area contributed by atoms with Crippen LogP contribution in [0.25, 0.3) is 11.3 Å². The highest BCUT2D eigenvalue weighted by atomic mass is 32.2. The predicted molar refractivity (Wildman–Crippen MR) is 129 cm³/mol. The molecule has 0 aliphatic rings. The van der Waals surface area contributed by atoms with Gasteiger partial charge in [0.05, 0.1) is 10.6 Å². The monoisotopic (exact) mass is 476 g/mol. The first-order valence-electron chi connectivity index (χ1n) is 10.3. The maximum atomic E-state index is 13.1. The van der Waals surface area contributed by atoms with Crippen LogP contribution in [0.15, 0.2) is 83.9 Å². The molecule has 0 bridgehead atoms. The van der Waals surface area contributed by atoms with Gasteiger partial charge < -0.3 is 5.32 Å². The van der Waals surface area contributed by atoms with Crippen LogP contribution in [0.4, 0.5) is 15.8 Å². The van der Waals surface area contributed by atoms with Crippen LogP contribution in [0.3, 0.4) is 0 Å². The number of amides is 1. The molecule has 0 spiro atoms. The van der Waals surface area contributed by atoms with Gasteiger partial charge in [-0.3, -0.25) is 9.52 Å². The number of carbonyl (C=O) groups excluding carboxylic acids is 1. The maximum Gasteiger partial charge on any atom is 0.261 e. The van der Waals surface area contributed by atoms with Crippen molar-refractivity contribution in [3.63, 3.8) is 0 Å². The van der Waals surface area contributed by atoms with Crippen LogP contribution >= 0.6 is 0 Å². The molecule has 0 aliphatic carbocycles. The van der Waals surface area contributed by atoms with Crippen molar-refractivity contribution < 1.29 is 17.6 Å². The van der Waals surface area contributed by atoms with Crippen LogP contribution in [-0.4, -0.2) is 24.3 Å². The van der Waals surface area contributed by atoms with Crippen molar-refractivity contribution in [1.82, 2.24) is 9.97 Å². The fraction of sp³-hybridized carbons (Fsp3) is 0.0800. The molecule has 2 N–H and O–H groups in total. The smallest absolute Gasteiger partial charge is 0.261 e. The van der Waals surface area contributed by atoms with Crippen molar-refractivity contribution >= 4 is 27.3 Å². The van der Waals surface area contributed by atoms with Gasteiger partial charge in [-0.1, -0.05) is 18.2 Å². The van der Waals surface area contributed by atoms with Crippen LogP contribution in [0.5, 0.6) is 0 Å². The molecule has 1 amide bonds. The van der Waals surface area contributed by atoms with E-state index in [0.29, 0.717) is 17.1 Å². The van der Waals surface area contributed by atoms with Crippen LogP contribution in [-0.2, 0) is 10.0 Å². The summed E-state index contributed by atoms with van der Waals surface area (Å²) in [6, 6.07) is 18.2. The summed E-state index contributed by atoms with van der Waals surface area (Å²) in [4.78, 5) is 21.4. The highest BCUT2D eigenvalue weighted by molar-refractivity contribution is 7.92. The normalized spacial score (nSPS) is 11.1. The molecule has 0 saturated heterocycles. The average molecular weight is 477 g/mol. The topological polar surface area (TPSA) is 101 Å². The quantitative estimate of drug-likeness (QED) is 0.410. The van der Waals surface area contributed by atoms with E-state index in [1.165, 1.54) is 24.3 Å². The first-order chi connectivity index (χ1) is 16.2. The van der Waals surface area contributed by atoms with Crippen molar-refractivity contribution in [2.75, 3.05) is 10.0 Å². The van der Waals surface area contributed by atoms with E-state index >= 15 is 0 Å². The van der Waals surface area contributed by atoms with Gasteiger partial charge in [-0.25, -0.2) is 22.8 Å². The summed E-state index contributed by atoms with van der Waals surface area (Å²) in [6.45, 7) is 3.52. The Kier molecular flexibility index (Phi) is 6.38. The van der Waals surface area contributed by atoms with Gasteiger partial charge in [-0.15, -0.1) is 0 Å². The molecule has 0 aliphatic heterocycles. The number of rotatable bonds is 6. The standard InChI is InChI=1S/C25H21FN4O3S/c1-16-6-11-22(34(32,33)30-20-9-7-19(26)8-10-20)15-23(16)25(31)29-21-5-3-4-18(14-21)24-12-13-27-17(2)28-24/h3-15,30H,1-2H3,(H,29,31). The van der Waals surface area contributed by atoms with Crippen molar-refractivity contribution in [3.8, 4) is 11.3 Å². The average Bonchev–Trinajstić information content (AvgIpc) is 2.81. The number of benzene rings is 3. The molecule has 4 aromatic rings. The van der Waals surface area contributed by atoms with E-state index in [2.05, 4.69) is 20.0 Å². The number of aromatic nitrogens is 2. The molecule has 3 aromatic carbocycles. The minimum absolute atomic E-state index is 0.0854. The zero-order chi connectivity index (χ0) is 24.3. The lowest BCUT2D eigenvalue weighted by atomic mass is 10.1. The highest BCUT2D eigenvalue weighted by Gasteiger charge is 2.19. The van der Waals surface area contributed by atoms with Gasteiger partial charge in [-0.05, 0) is 74.0 Å². The number of carbonyl (C=O) groups is 1. The third kappa shape index (κ3) is 5.26. The van der Waals surface area contributed by atoms with Gasteiger partial charge in [0.1, 0.15) is 11.6 Å². The summed E-state index contributed by atoms with van der Waals surface area (Å²) in [5.74, 6) is -0.293. The Morgan fingerprint density at radius 1 is 0.912 bits per heavy atom. The van der Waals surface area contributed by atoms with E-state index < -0.39 is 21.7 Å². The lowest BCUT2D eigenvalue weighted by Gasteiger charge is -2.12. The van der Waals surface area contributed by atoms with E-state index in [1.54, 1.807) is 50.4 Å². The van der Waals surface area contributed by atoms with Gasteiger partial charge in [0.15, 0.2) is 0 Å². The number of hydrogen-bond acceptors (Lipinski definition) is 5. The number of anilines is 2. The van der Waals surface area contributed by atoms with Gasteiger partial charge in [-0.2, -0.15) is 0 Å². The number of sulfonamides is 1. The minimum atomic E-state index is -3.99. The molecule has 4 rings (SSSR count). The molecule has 7 nitrogen and oxygen atoms in total. The number of nitrogens with one attached hydrogen (secondary N) is 2. The Bertz CT molecular complexity index is 1470. The molecule has 0 saturated carbocycles. The number of hydrogen-bond donors (Lipinski definition) is 2. The molecule has 0 radical (unpaired) electrons. The number of halogens is 1. The minimum Gasteiger partial charge on any atom is -0.322 e. The lowest BCUT2D eigenvalue weighted by molar-refractivity contribution is 0.102. The molecule has 1 heterocycles. The Morgan fingerprint density at radius 3 is 2.41 bits per heavy atom. The van der Waals surface area contributed by atoms with Crippen LogP contribution in [0, 0.1) is 19.7 Å². The van der Waals surface area contributed by atoms with Gasteiger partial charge >= 0.3 is 0 Å². The summed E-state index contributed by atoms with van der Waals surface area (Å²) >= 11 is 0. The van der Waals surface area contributed by atoms with E-state index in [0.717, 1.165) is 23.4 Å². The van der Waals surface area contributed by atoms with E-state index in [9.17, 15) is 17.6 Å². The van der Waals surface area contributed by atoms with E-state index in [-0.39, 0.29) is 16.1 Å². The summed E-state index contributed by atoms with van der Waals surface area (Å²) in [6.07, 6.45) is 1.66. The van der Waals surface area contributed by atoms with Crippen LogP contribution in [0.2, 0.25) is 0 Å². The Labute approximate surface area is 196 Å². The van der Waals surface area contributed by atoms with Gasteiger partial charge in [0, 0.05) is 28.7 Å². The van der Waals surface area contributed by atoms with Crippen LogP contribution in [0.1, 0.15) is 21.7 Å². The lowest BCUT2D eigenvalue weighted by Crippen LogP contribution is -2.17. The second-order valence-electron chi connectivity index (χ2n) is 7.61. The third-order valence-corrected chi connectivity index (χ3v) is 6.43. The first kappa shape index (κ1) is 23.1. The fourth-order valence-corrected chi connectivity index (χ4v) is 4.40. The number of nitrogens with zero attached hydrogens (tertiary/aromatic N) is 2. The van der Waals surface area contributed by atoms with Crippen molar-refractivity contribution in [3.05, 3.63) is 102 Å². The summed E-state index contributed by atoms with van der Waals surface area (Å²) in [7, 11) is -3.99. The Morgan fingerprint density at radius 2 is 1.68 bits per heavy atom. The predicted octanol–water partition coefficient (Wildman–Crippen LogP) is 4.95. The van der Waals surface area contributed by atoms with Gasteiger partial charge in [0.2, 0.25) is 0 Å². The summed E-state index contributed by atoms with van der Waals surface area (Å²) in [5, 5.41) is 2.82. The molecule has 1 aromatic heterocycles. The fourth-order valence-electron chi connectivity index (χ4n) is 3.32. The van der Waals surface area contributed by atoms with E-state index in [1.807, 2.05) is 6.07 Å². The Hall–Kier alpha value is -4.11. The largest absolute Gasteiger partial charge is 0.322 e. The molecular formula is C25H21FN4O3S. The second kappa shape index (κ2) is 9.40. The zero-order valence-electron chi connectivity index (χ0n) is 18.4. The zero-order valence-corrected chi connectivity index (χ0v) is 19.2. The molecule has 0 fully saturated rings. The molecule has 9 heteroatoms. The second-order valence-corrected chi connectivity index (χ2v) is 9.30. The molecule has 34 heavy (non-hydrogen) atoms. The van der Waals surface area contributed by atoms with E-state index in [4.69, 9.17) is 0 Å². The van der Waals surface area contributed by atoms with Crippen LogP contribution < -0.4 is 10.0 Å². The molecule has 0 unspecified atom stereocenters. The first-order valence-corrected chi connectivity index (χ1v) is 11.8. The molecule has 0 atom stereocenters. The number of aryl methyl sites for hydroxylation is 2. The molecular weight excluding hydrogens is 455 g/mol. The SMILES string of the molecule is Cc1nccc(-c2cccc(NC(=O)c3cc(S(=O)(=O)Nc4ccc(F)cc4)ccc3C)c2)n1. The van der Waals surface area contributed by atoms with Gasteiger partial charge in [0.25, 0.3) is 15.9 Å². The summed E-state index contributed by atoms with van der Waals surface area (Å²) < 4.78 is 41.1.